The second-order valence-electron chi connectivity index (χ2n) is 5.44. The predicted octanol–water partition coefficient (Wildman–Crippen LogP) is 4.15. The molecule has 4 heteroatoms. The normalized spacial score (nSPS) is 16.1. The van der Waals surface area contributed by atoms with Gasteiger partial charge in [0.1, 0.15) is 5.82 Å². The number of nitrogens with zero attached hydrogens (tertiary/aromatic N) is 1. The van der Waals surface area contributed by atoms with E-state index in [-0.39, 0.29) is 17.8 Å². The third-order valence-electron chi connectivity index (χ3n) is 4.02. The Morgan fingerprint density at radius 1 is 1.35 bits per heavy atom. The number of alkyl halides is 1. The molecule has 0 saturated heterocycles. The third-order valence-corrected chi connectivity index (χ3v) is 4.19. The lowest BCUT2D eigenvalue weighted by molar-refractivity contribution is 0.0649. The highest BCUT2D eigenvalue weighted by atomic mass is 35.5. The molecule has 1 amide bonds. The van der Waals surface area contributed by atoms with Crippen LogP contribution in [0.25, 0.3) is 0 Å². The van der Waals surface area contributed by atoms with Crippen LogP contribution in [0.3, 0.4) is 0 Å². The van der Waals surface area contributed by atoms with Crippen LogP contribution in [0.4, 0.5) is 4.39 Å². The van der Waals surface area contributed by atoms with E-state index in [0.29, 0.717) is 23.6 Å². The molecule has 0 radical (unpaired) electrons. The van der Waals surface area contributed by atoms with Crippen LogP contribution in [0, 0.1) is 12.7 Å². The van der Waals surface area contributed by atoms with E-state index < -0.39 is 0 Å². The summed E-state index contributed by atoms with van der Waals surface area (Å²) in [6, 6.07) is 4.94. The van der Waals surface area contributed by atoms with Gasteiger partial charge in [0.2, 0.25) is 0 Å². The van der Waals surface area contributed by atoms with Crippen LogP contribution in [0.2, 0.25) is 0 Å². The molecule has 0 N–H and O–H groups in total. The highest BCUT2D eigenvalue weighted by Gasteiger charge is 2.26. The van der Waals surface area contributed by atoms with Crippen molar-refractivity contribution in [1.29, 1.82) is 0 Å². The van der Waals surface area contributed by atoms with E-state index >= 15 is 0 Å². The molecular formula is C16H21ClFNO. The van der Waals surface area contributed by atoms with E-state index in [1.165, 1.54) is 12.5 Å². The standard InChI is InChI=1S/C16H21ClFNO/c1-12-7-8-13(11-15(12)18)16(20)19(10-9-17)14-5-3-2-4-6-14/h7-8,11,14H,2-6,9-10H2,1H3. The van der Waals surface area contributed by atoms with Crippen molar-refractivity contribution >= 4 is 17.5 Å². The topological polar surface area (TPSA) is 20.3 Å². The zero-order valence-corrected chi connectivity index (χ0v) is 12.6. The van der Waals surface area contributed by atoms with Gasteiger partial charge in [-0.05, 0) is 37.5 Å². The number of hydrogen-bond acceptors (Lipinski definition) is 1. The smallest absolute Gasteiger partial charge is 0.254 e. The SMILES string of the molecule is Cc1ccc(C(=O)N(CCCl)C2CCCCC2)cc1F. The molecule has 110 valence electrons. The number of benzene rings is 1. The number of carbonyl (C=O) groups excluding carboxylic acids is 1. The van der Waals surface area contributed by atoms with Crippen molar-refractivity contribution in [1.82, 2.24) is 4.90 Å². The average Bonchev–Trinajstić information content (AvgIpc) is 2.48. The van der Waals surface area contributed by atoms with Gasteiger partial charge < -0.3 is 4.90 Å². The summed E-state index contributed by atoms with van der Waals surface area (Å²) >= 11 is 5.84. The van der Waals surface area contributed by atoms with Crippen LogP contribution in [-0.4, -0.2) is 29.3 Å². The van der Waals surface area contributed by atoms with Crippen LogP contribution in [-0.2, 0) is 0 Å². The molecule has 1 fully saturated rings. The monoisotopic (exact) mass is 297 g/mol. The number of amides is 1. The van der Waals surface area contributed by atoms with Gasteiger partial charge in [0.25, 0.3) is 5.91 Å². The molecule has 0 aliphatic heterocycles. The summed E-state index contributed by atoms with van der Waals surface area (Å²) in [4.78, 5) is 14.4. The van der Waals surface area contributed by atoms with E-state index in [4.69, 9.17) is 11.6 Å². The second-order valence-corrected chi connectivity index (χ2v) is 5.82. The van der Waals surface area contributed by atoms with E-state index in [1.807, 2.05) is 4.90 Å². The van der Waals surface area contributed by atoms with Crippen LogP contribution in [0.5, 0.6) is 0 Å². The van der Waals surface area contributed by atoms with Gasteiger partial charge in [-0.3, -0.25) is 4.79 Å². The Kier molecular flexibility index (Phi) is 5.41. The van der Waals surface area contributed by atoms with Crippen molar-refractivity contribution in [2.45, 2.75) is 45.1 Å². The molecule has 1 saturated carbocycles. The van der Waals surface area contributed by atoms with Crippen LogP contribution >= 0.6 is 11.6 Å². The fourth-order valence-electron chi connectivity index (χ4n) is 2.83. The number of rotatable bonds is 4. The van der Waals surface area contributed by atoms with Crippen molar-refractivity contribution in [2.75, 3.05) is 12.4 Å². The van der Waals surface area contributed by atoms with Crippen LogP contribution in [0.15, 0.2) is 18.2 Å². The van der Waals surface area contributed by atoms with E-state index in [2.05, 4.69) is 0 Å². The first-order chi connectivity index (χ1) is 9.63. The molecular weight excluding hydrogens is 277 g/mol. The number of carbonyl (C=O) groups is 1. The van der Waals surface area contributed by atoms with Crippen LogP contribution < -0.4 is 0 Å². The number of aryl methyl sites for hydroxylation is 1. The van der Waals surface area contributed by atoms with Gasteiger partial charge in [-0.2, -0.15) is 0 Å². The maximum Gasteiger partial charge on any atom is 0.254 e. The van der Waals surface area contributed by atoms with E-state index in [1.54, 1.807) is 19.1 Å². The lowest BCUT2D eigenvalue weighted by Crippen LogP contribution is -2.42. The van der Waals surface area contributed by atoms with Gasteiger partial charge in [-0.25, -0.2) is 4.39 Å². The molecule has 1 aromatic carbocycles. The molecule has 0 aromatic heterocycles. The molecule has 20 heavy (non-hydrogen) atoms. The van der Waals surface area contributed by atoms with Gasteiger partial charge in [-0.15, -0.1) is 11.6 Å². The molecule has 0 bridgehead atoms. The fourth-order valence-corrected chi connectivity index (χ4v) is 3.01. The van der Waals surface area contributed by atoms with Crippen molar-refractivity contribution in [2.24, 2.45) is 0 Å². The van der Waals surface area contributed by atoms with Gasteiger partial charge in [0, 0.05) is 24.0 Å². The summed E-state index contributed by atoms with van der Waals surface area (Å²) in [5, 5.41) is 0. The molecule has 1 aromatic rings. The molecule has 1 aliphatic rings. The summed E-state index contributed by atoms with van der Waals surface area (Å²) < 4.78 is 13.6. The highest BCUT2D eigenvalue weighted by Crippen LogP contribution is 2.24. The Bertz CT molecular complexity index is 472. The summed E-state index contributed by atoms with van der Waals surface area (Å²) in [6.45, 7) is 2.22. The Morgan fingerprint density at radius 3 is 2.65 bits per heavy atom. The maximum absolute atomic E-state index is 13.6. The Morgan fingerprint density at radius 2 is 2.05 bits per heavy atom. The number of hydrogen-bond donors (Lipinski definition) is 0. The second kappa shape index (κ2) is 7.07. The first-order valence-corrected chi connectivity index (χ1v) is 7.80. The van der Waals surface area contributed by atoms with Crippen molar-refractivity contribution in [3.8, 4) is 0 Å². The first kappa shape index (κ1) is 15.3. The van der Waals surface area contributed by atoms with Crippen molar-refractivity contribution in [3.05, 3.63) is 35.1 Å². The van der Waals surface area contributed by atoms with Crippen molar-refractivity contribution in [3.63, 3.8) is 0 Å². The third kappa shape index (κ3) is 3.51. The average molecular weight is 298 g/mol. The summed E-state index contributed by atoms with van der Waals surface area (Å²) in [5.74, 6) is -0.0156. The Hall–Kier alpha value is -1.09. The zero-order chi connectivity index (χ0) is 14.5. The lowest BCUT2D eigenvalue weighted by Gasteiger charge is -2.34. The molecule has 0 unspecified atom stereocenters. The molecule has 0 atom stereocenters. The van der Waals surface area contributed by atoms with Gasteiger partial charge in [0.05, 0.1) is 0 Å². The fraction of sp³-hybridized carbons (Fsp3) is 0.562. The summed E-state index contributed by atoms with van der Waals surface area (Å²) in [5.41, 5.74) is 0.979. The molecule has 2 rings (SSSR count). The van der Waals surface area contributed by atoms with Gasteiger partial charge in [0.15, 0.2) is 0 Å². The summed E-state index contributed by atoms with van der Waals surface area (Å²) in [6.07, 6.45) is 5.59. The molecule has 0 heterocycles. The Balaban J connectivity index is 2.18. The minimum atomic E-state index is -0.328. The minimum absolute atomic E-state index is 0.101. The predicted molar refractivity (Wildman–Crippen MR) is 79.8 cm³/mol. The quantitative estimate of drug-likeness (QED) is 0.765. The van der Waals surface area contributed by atoms with Crippen LogP contribution in [0.1, 0.15) is 48.0 Å². The highest BCUT2D eigenvalue weighted by molar-refractivity contribution is 6.18. The first-order valence-electron chi connectivity index (χ1n) is 7.26. The number of halogens is 2. The van der Waals surface area contributed by atoms with E-state index in [9.17, 15) is 9.18 Å². The van der Waals surface area contributed by atoms with Crippen molar-refractivity contribution < 1.29 is 9.18 Å². The summed E-state index contributed by atoms with van der Waals surface area (Å²) in [7, 11) is 0. The molecule has 1 aliphatic carbocycles. The molecule has 2 nitrogen and oxygen atoms in total. The Labute approximate surface area is 124 Å². The lowest BCUT2D eigenvalue weighted by atomic mass is 9.93. The zero-order valence-electron chi connectivity index (χ0n) is 11.9. The molecule has 0 spiro atoms. The van der Waals surface area contributed by atoms with Gasteiger partial charge >= 0.3 is 0 Å². The van der Waals surface area contributed by atoms with Gasteiger partial charge in [-0.1, -0.05) is 25.3 Å². The largest absolute Gasteiger partial charge is 0.334 e. The maximum atomic E-state index is 13.6. The van der Waals surface area contributed by atoms with E-state index in [0.717, 1.165) is 25.7 Å². The minimum Gasteiger partial charge on any atom is -0.334 e.